The van der Waals surface area contributed by atoms with Gasteiger partial charge >= 0.3 is 0 Å². The first-order valence-corrected chi connectivity index (χ1v) is 8.24. The Morgan fingerprint density at radius 1 is 0.737 bits per heavy atom. The fourth-order valence-electron chi connectivity index (χ4n) is 1.86. The van der Waals surface area contributed by atoms with Crippen molar-refractivity contribution in [3.63, 3.8) is 0 Å². The minimum absolute atomic E-state index is 0.941. The van der Waals surface area contributed by atoms with E-state index in [-0.39, 0.29) is 0 Å². The summed E-state index contributed by atoms with van der Waals surface area (Å²) in [6.07, 6.45) is 0. The van der Waals surface area contributed by atoms with E-state index in [0.29, 0.717) is 0 Å². The molecule has 0 atom stereocenters. The monoisotopic (exact) mass is 308 g/mol. The van der Waals surface area contributed by atoms with Gasteiger partial charge in [0.2, 0.25) is 0 Å². The maximum absolute atomic E-state index is 5.38. The highest BCUT2D eigenvalue weighted by Gasteiger charge is 2.14. The number of ether oxygens (including phenoxy) is 2. The second-order valence-electron chi connectivity index (χ2n) is 3.80. The lowest BCUT2D eigenvalue weighted by Crippen LogP contribution is -1.80. The SMILES string of the molecule is COc1ccsc1-c1ccc(-c2sccc2OC)s1. The van der Waals surface area contributed by atoms with Crippen LogP contribution in [0.15, 0.2) is 35.0 Å². The molecule has 0 spiro atoms. The lowest BCUT2D eigenvalue weighted by atomic mass is 10.3. The van der Waals surface area contributed by atoms with Crippen LogP contribution in [0.25, 0.3) is 19.5 Å². The molecule has 0 unspecified atom stereocenters. The van der Waals surface area contributed by atoms with Gasteiger partial charge in [-0.15, -0.1) is 34.0 Å². The largest absolute Gasteiger partial charge is 0.495 e. The normalized spacial score (nSPS) is 10.6. The number of rotatable bonds is 4. The van der Waals surface area contributed by atoms with Crippen LogP contribution in [0.2, 0.25) is 0 Å². The van der Waals surface area contributed by atoms with Crippen LogP contribution in [-0.2, 0) is 0 Å². The Morgan fingerprint density at radius 3 is 1.63 bits per heavy atom. The van der Waals surface area contributed by atoms with E-state index in [1.807, 2.05) is 12.1 Å². The quantitative estimate of drug-likeness (QED) is 0.657. The summed E-state index contributed by atoms with van der Waals surface area (Å²) in [6, 6.07) is 8.30. The Morgan fingerprint density at radius 2 is 1.21 bits per heavy atom. The number of hydrogen-bond donors (Lipinski definition) is 0. The van der Waals surface area contributed by atoms with Crippen molar-refractivity contribution in [1.82, 2.24) is 0 Å². The highest BCUT2D eigenvalue weighted by molar-refractivity contribution is 7.26. The summed E-state index contributed by atoms with van der Waals surface area (Å²) < 4.78 is 10.8. The Labute approximate surface area is 123 Å². The summed E-state index contributed by atoms with van der Waals surface area (Å²) >= 11 is 5.18. The number of methoxy groups -OCH3 is 2. The van der Waals surface area contributed by atoms with Crippen LogP contribution in [0.1, 0.15) is 0 Å². The molecule has 2 nitrogen and oxygen atoms in total. The average molecular weight is 308 g/mol. The Kier molecular flexibility index (Phi) is 3.59. The van der Waals surface area contributed by atoms with E-state index in [1.54, 1.807) is 48.2 Å². The van der Waals surface area contributed by atoms with Crippen molar-refractivity contribution < 1.29 is 9.47 Å². The Hall–Kier alpha value is -1.30. The minimum atomic E-state index is 0.941. The molecule has 0 saturated carbocycles. The Balaban J connectivity index is 2.00. The van der Waals surface area contributed by atoms with Crippen molar-refractivity contribution in [2.45, 2.75) is 0 Å². The molecule has 5 heteroatoms. The molecule has 0 fully saturated rings. The molecule has 0 aliphatic rings. The minimum Gasteiger partial charge on any atom is -0.495 e. The van der Waals surface area contributed by atoms with E-state index in [1.165, 1.54) is 19.5 Å². The number of hydrogen-bond acceptors (Lipinski definition) is 5. The first-order chi connectivity index (χ1) is 9.33. The van der Waals surface area contributed by atoms with Gasteiger partial charge in [0.15, 0.2) is 0 Å². The van der Waals surface area contributed by atoms with Gasteiger partial charge in [-0.2, -0.15) is 0 Å². The van der Waals surface area contributed by atoms with Crippen molar-refractivity contribution >= 4 is 34.0 Å². The molecule has 98 valence electrons. The van der Waals surface area contributed by atoms with Crippen molar-refractivity contribution in [3.8, 4) is 31.0 Å². The van der Waals surface area contributed by atoms with Crippen LogP contribution in [0.3, 0.4) is 0 Å². The molecule has 19 heavy (non-hydrogen) atoms. The summed E-state index contributed by atoms with van der Waals surface area (Å²) in [5, 5.41) is 4.11. The van der Waals surface area contributed by atoms with Crippen LogP contribution in [0, 0.1) is 0 Å². The summed E-state index contributed by atoms with van der Waals surface area (Å²) in [5.41, 5.74) is 0. The third kappa shape index (κ3) is 2.29. The van der Waals surface area contributed by atoms with Gasteiger partial charge in [-0.3, -0.25) is 0 Å². The van der Waals surface area contributed by atoms with Gasteiger partial charge in [0.25, 0.3) is 0 Å². The highest BCUT2D eigenvalue weighted by atomic mass is 32.1. The molecule has 3 rings (SSSR count). The summed E-state index contributed by atoms with van der Waals surface area (Å²) in [5.74, 6) is 1.88. The maximum atomic E-state index is 5.38. The molecular weight excluding hydrogens is 296 g/mol. The van der Waals surface area contributed by atoms with Gasteiger partial charge in [0, 0.05) is 9.75 Å². The molecule has 0 saturated heterocycles. The zero-order valence-corrected chi connectivity index (χ0v) is 13.0. The lowest BCUT2D eigenvalue weighted by molar-refractivity contribution is 0.418. The molecule has 0 radical (unpaired) electrons. The van der Waals surface area contributed by atoms with Gasteiger partial charge in [-0.05, 0) is 35.0 Å². The molecular formula is C14H12O2S3. The Bertz CT molecular complexity index is 621. The average Bonchev–Trinajstić information content (AvgIpc) is 3.16. The van der Waals surface area contributed by atoms with Crippen LogP contribution in [0.5, 0.6) is 11.5 Å². The van der Waals surface area contributed by atoms with Gasteiger partial charge in [-0.1, -0.05) is 0 Å². The fourth-order valence-corrected chi connectivity index (χ4v) is 4.85. The van der Waals surface area contributed by atoms with Crippen LogP contribution in [-0.4, -0.2) is 14.2 Å². The predicted molar refractivity (Wildman–Crippen MR) is 84.0 cm³/mol. The summed E-state index contributed by atoms with van der Waals surface area (Å²) in [4.78, 5) is 4.85. The standard InChI is InChI=1S/C14H12O2S3/c1-15-9-5-7-17-13(9)11-3-4-12(19-11)14-10(16-2)6-8-18-14/h3-8H,1-2H3. The van der Waals surface area contributed by atoms with E-state index in [2.05, 4.69) is 22.9 Å². The summed E-state index contributed by atoms with van der Waals surface area (Å²) in [7, 11) is 3.42. The van der Waals surface area contributed by atoms with E-state index in [9.17, 15) is 0 Å². The van der Waals surface area contributed by atoms with Crippen LogP contribution < -0.4 is 9.47 Å². The van der Waals surface area contributed by atoms with Gasteiger partial charge in [-0.25, -0.2) is 0 Å². The van der Waals surface area contributed by atoms with Crippen molar-refractivity contribution in [1.29, 1.82) is 0 Å². The van der Waals surface area contributed by atoms with Crippen LogP contribution >= 0.6 is 34.0 Å². The summed E-state index contributed by atoms with van der Waals surface area (Å²) in [6.45, 7) is 0. The first kappa shape index (κ1) is 12.7. The number of thiophene rings is 3. The third-order valence-corrected chi connectivity index (χ3v) is 5.99. The van der Waals surface area contributed by atoms with E-state index in [4.69, 9.17) is 9.47 Å². The molecule has 0 N–H and O–H groups in total. The molecule has 3 aromatic rings. The van der Waals surface area contributed by atoms with E-state index >= 15 is 0 Å². The molecule has 0 bridgehead atoms. The van der Waals surface area contributed by atoms with Crippen molar-refractivity contribution in [3.05, 3.63) is 35.0 Å². The van der Waals surface area contributed by atoms with Gasteiger partial charge < -0.3 is 9.47 Å². The first-order valence-electron chi connectivity index (χ1n) is 5.67. The molecule has 0 aromatic carbocycles. The van der Waals surface area contributed by atoms with Crippen LogP contribution in [0.4, 0.5) is 0 Å². The maximum Gasteiger partial charge on any atom is 0.138 e. The lowest BCUT2D eigenvalue weighted by Gasteiger charge is -2.00. The van der Waals surface area contributed by atoms with Crippen molar-refractivity contribution in [2.24, 2.45) is 0 Å². The second kappa shape index (κ2) is 5.36. The zero-order chi connectivity index (χ0) is 13.2. The van der Waals surface area contributed by atoms with Crippen molar-refractivity contribution in [2.75, 3.05) is 14.2 Å². The zero-order valence-electron chi connectivity index (χ0n) is 10.5. The smallest absolute Gasteiger partial charge is 0.138 e. The predicted octanol–water partition coefficient (Wildman–Crippen LogP) is 5.22. The topological polar surface area (TPSA) is 18.5 Å². The highest BCUT2D eigenvalue weighted by Crippen LogP contribution is 2.45. The molecule has 3 aromatic heterocycles. The molecule has 0 amide bonds. The van der Waals surface area contributed by atoms with Gasteiger partial charge in [0.05, 0.1) is 24.0 Å². The third-order valence-electron chi connectivity index (χ3n) is 2.75. The van der Waals surface area contributed by atoms with Gasteiger partial charge in [0.1, 0.15) is 11.5 Å². The fraction of sp³-hybridized carbons (Fsp3) is 0.143. The molecule has 3 heterocycles. The molecule has 0 aliphatic heterocycles. The second-order valence-corrected chi connectivity index (χ2v) is 6.72. The van der Waals surface area contributed by atoms with E-state index < -0.39 is 0 Å². The molecule has 0 aliphatic carbocycles. The van der Waals surface area contributed by atoms with E-state index in [0.717, 1.165) is 11.5 Å².